The van der Waals surface area contributed by atoms with Crippen LogP contribution in [0.1, 0.15) is 10.4 Å². The summed E-state index contributed by atoms with van der Waals surface area (Å²) < 4.78 is 31.0. The van der Waals surface area contributed by atoms with Crippen molar-refractivity contribution < 1.29 is 23.1 Å². The van der Waals surface area contributed by atoms with E-state index in [4.69, 9.17) is 11.6 Å². The Morgan fingerprint density at radius 3 is 2.44 bits per heavy atom. The Labute approximate surface area is 95.0 Å². The number of ketones is 2. The molecule has 0 aliphatic heterocycles. The van der Waals surface area contributed by atoms with Gasteiger partial charge in [-0.15, -0.1) is 11.6 Å². The Balaban J connectivity index is 3.21. The second kappa shape index (κ2) is 5.03. The van der Waals surface area contributed by atoms with Gasteiger partial charge < -0.3 is 4.74 Å². The fourth-order valence-corrected chi connectivity index (χ4v) is 1.19. The first-order valence-electron chi connectivity index (χ1n) is 4.17. The zero-order chi connectivity index (χ0) is 12.3. The minimum Gasteiger partial charge on any atom is -0.494 e. The number of halogens is 3. The second-order valence-corrected chi connectivity index (χ2v) is 3.12. The van der Waals surface area contributed by atoms with Crippen molar-refractivity contribution in [2.24, 2.45) is 0 Å². The summed E-state index contributed by atoms with van der Waals surface area (Å²) in [5.74, 6) is -5.02. The topological polar surface area (TPSA) is 43.4 Å². The smallest absolute Gasteiger partial charge is 0.232 e. The van der Waals surface area contributed by atoms with Gasteiger partial charge in [0.25, 0.3) is 0 Å². The number of rotatable bonds is 4. The molecular formula is C10H7ClF2O3. The zero-order valence-corrected chi connectivity index (χ0v) is 8.98. The average Bonchev–Trinajstić information content (AvgIpc) is 2.29. The van der Waals surface area contributed by atoms with Crippen LogP contribution in [0.2, 0.25) is 0 Å². The van der Waals surface area contributed by atoms with E-state index in [2.05, 4.69) is 4.74 Å². The monoisotopic (exact) mass is 248 g/mol. The van der Waals surface area contributed by atoms with Crippen LogP contribution >= 0.6 is 11.6 Å². The summed E-state index contributed by atoms with van der Waals surface area (Å²) in [6.45, 7) is 0. The Hall–Kier alpha value is -1.49. The second-order valence-electron chi connectivity index (χ2n) is 2.85. The molecule has 0 N–H and O–H groups in total. The maximum absolute atomic E-state index is 13.3. The van der Waals surface area contributed by atoms with E-state index in [1.54, 1.807) is 0 Å². The summed E-state index contributed by atoms with van der Waals surface area (Å²) in [6.07, 6.45) is 0. The third-order valence-corrected chi connectivity index (χ3v) is 2.10. The van der Waals surface area contributed by atoms with E-state index in [0.29, 0.717) is 12.1 Å². The Kier molecular flexibility index (Phi) is 3.95. The summed E-state index contributed by atoms with van der Waals surface area (Å²) in [5, 5.41) is 0. The highest BCUT2D eigenvalue weighted by molar-refractivity contribution is 6.51. The first-order valence-corrected chi connectivity index (χ1v) is 4.71. The number of alkyl halides is 1. The predicted octanol–water partition coefficient (Wildman–Crippen LogP) is 1.96. The molecule has 1 aromatic rings. The molecule has 0 saturated carbocycles. The van der Waals surface area contributed by atoms with Crippen LogP contribution in [0.4, 0.5) is 8.78 Å². The Morgan fingerprint density at radius 2 is 1.94 bits per heavy atom. The van der Waals surface area contributed by atoms with Gasteiger partial charge in [0.2, 0.25) is 11.6 Å². The van der Waals surface area contributed by atoms with Gasteiger partial charge in [0.15, 0.2) is 11.6 Å². The molecule has 0 saturated heterocycles. The van der Waals surface area contributed by atoms with Gasteiger partial charge in [-0.1, -0.05) is 0 Å². The third-order valence-electron chi connectivity index (χ3n) is 1.86. The SMILES string of the molecule is COc1cc(F)c(C(=O)C(=O)CCl)cc1F. The predicted molar refractivity (Wildman–Crippen MR) is 53.0 cm³/mol. The number of ether oxygens (including phenoxy) is 1. The van der Waals surface area contributed by atoms with Gasteiger partial charge in [0.05, 0.1) is 18.6 Å². The molecule has 0 aliphatic rings. The Bertz CT molecular complexity index is 446. The van der Waals surface area contributed by atoms with Crippen molar-refractivity contribution in [3.63, 3.8) is 0 Å². The fourth-order valence-electron chi connectivity index (χ4n) is 1.07. The number of benzene rings is 1. The highest BCUT2D eigenvalue weighted by Crippen LogP contribution is 2.21. The first-order chi connectivity index (χ1) is 7.51. The van der Waals surface area contributed by atoms with Crippen molar-refractivity contribution in [3.8, 4) is 5.75 Å². The van der Waals surface area contributed by atoms with Crippen LogP contribution in [-0.2, 0) is 4.79 Å². The summed E-state index contributed by atoms with van der Waals surface area (Å²) in [7, 11) is 1.16. The molecule has 16 heavy (non-hydrogen) atoms. The van der Waals surface area contributed by atoms with Crippen LogP contribution in [0.25, 0.3) is 0 Å². The average molecular weight is 249 g/mol. The van der Waals surface area contributed by atoms with Gasteiger partial charge in [-0.3, -0.25) is 9.59 Å². The van der Waals surface area contributed by atoms with Crippen LogP contribution in [-0.4, -0.2) is 24.6 Å². The lowest BCUT2D eigenvalue weighted by molar-refractivity contribution is -0.112. The lowest BCUT2D eigenvalue weighted by atomic mass is 10.1. The van der Waals surface area contributed by atoms with Crippen molar-refractivity contribution in [2.45, 2.75) is 0 Å². The van der Waals surface area contributed by atoms with Crippen LogP contribution < -0.4 is 4.74 Å². The third kappa shape index (κ3) is 2.36. The van der Waals surface area contributed by atoms with E-state index in [-0.39, 0.29) is 5.75 Å². The summed E-state index contributed by atoms with van der Waals surface area (Å²) in [6, 6.07) is 1.31. The molecule has 1 aromatic carbocycles. The fraction of sp³-hybridized carbons (Fsp3) is 0.200. The van der Waals surface area contributed by atoms with Gasteiger partial charge in [-0.2, -0.15) is 0 Å². The molecule has 0 atom stereocenters. The molecule has 1 rings (SSSR count). The maximum atomic E-state index is 13.3. The van der Waals surface area contributed by atoms with Crippen molar-refractivity contribution in [3.05, 3.63) is 29.3 Å². The number of hydrogen-bond acceptors (Lipinski definition) is 3. The summed E-state index contributed by atoms with van der Waals surface area (Å²) in [4.78, 5) is 22.2. The molecule has 0 spiro atoms. The quantitative estimate of drug-likeness (QED) is 0.465. The largest absolute Gasteiger partial charge is 0.494 e. The molecule has 0 fully saturated rings. The van der Waals surface area contributed by atoms with E-state index in [9.17, 15) is 18.4 Å². The molecule has 0 aliphatic carbocycles. The highest BCUT2D eigenvalue weighted by Gasteiger charge is 2.21. The molecule has 0 unspecified atom stereocenters. The van der Waals surface area contributed by atoms with E-state index < -0.39 is 34.6 Å². The number of methoxy groups -OCH3 is 1. The molecule has 0 aromatic heterocycles. The van der Waals surface area contributed by atoms with Gasteiger partial charge in [-0.25, -0.2) is 8.78 Å². The molecule has 6 heteroatoms. The lowest BCUT2D eigenvalue weighted by Gasteiger charge is -2.05. The van der Waals surface area contributed by atoms with Crippen LogP contribution in [0.15, 0.2) is 12.1 Å². The van der Waals surface area contributed by atoms with Crippen molar-refractivity contribution in [1.29, 1.82) is 0 Å². The maximum Gasteiger partial charge on any atom is 0.232 e. The lowest BCUT2D eigenvalue weighted by Crippen LogP contribution is -2.17. The molecule has 0 heterocycles. The van der Waals surface area contributed by atoms with Crippen LogP contribution in [0, 0.1) is 11.6 Å². The van der Waals surface area contributed by atoms with Gasteiger partial charge in [0.1, 0.15) is 5.82 Å². The minimum absolute atomic E-state index is 0.340. The summed E-state index contributed by atoms with van der Waals surface area (Å²) in [5.41, 5.74) is -0.649. The van der Waals surface area contributed by atoms with Crippen LogP contribution in [0.3, 0.4) is 0 Å². The van der Waals surface area contributed by atoms with Crippen molar-refractivity contribution in [2.75, 3.05) is 13.0 Å². The van der Waals surface area contributed by atoms with Crippen molar-refractivity contribution in [1.82, 2.24) is 0 Å². The van der Waals surface area contributed by atoms with E-state index >= 15 is 0 Å². The molecule has 0 bridgehead atoms. The van der Waals surface area contributed by atoms with E-state index in [1.165, 1.54) is 0 Å². The standard InChI is InChI=1S/C10H7ClF2O3/c1-16-9-3-6(12)5(2-7(9)13)10(15)8(14)4-11/h2-3H,4H2,1H3. The molecule has 3 nitrogen and oxygen atoms in total. The van der Waals surface area contributed by atoms with Crippen molar-refractivity contribution >= 4 is 23.2 Å². The van der Waals surface area contributed by atoms with Gasteiger partial charge in [0, 0.05) is 6.07 Å². The number of hydrogen-bond donors (Lipinski definition) is 0. The molecule has 0 amide bonds. The van der Waals surface area contributed by atoms with E-state index in [1.807, 2.05) is 0 Å². The summed E-state index contributed by atoms with van der Waals surface area (Å²) >= 11 is 5.14. The molecular weight excluding hydrogens is 242 g/mol. The molecule has 0 radical (unpaired) electrons. The number of carbonyl (C=O) groups excluding carboxylic acids is 2. The highest BCUT2D eigenvalue weighted by atomic mass is 35.5. The van der Waals surface area contributed by atoms with Gasteiger partial charge >= 0.3 is 0 Å². The Morgan fingerprint density at radius 1 is 1.31 bits per heavy atom. The first kappa shape index (κ1) is 12.6. The van der Waals surface area contributed by atoms with Crippen LogP contribution in [0.5, 0.6) is 5.75 Å². The number of Topliss-reactive ketones (excluding diaryl/α,β-unsaturated/α-hetero) is 2. The van der Waals surface area contributed by atoms with Gasteiger partial charge in [-0.05, 0) is 6.07 Å². The normalized spacial score (nSPS) is 10.0. The molecule has 86 valence electrons. The number of carbonyl (C=O) groups is 2. The van der Waals surface area contributed by atoms with E-state index in [0.717, 1.165) is 7.11 Å². The minimum atomic E-state index is -1.16. The zero-order valence-electron chi connectivity index (χ0n) is 8.22.